The summed E-state index contributed by atoms with van der Waals surface area (Å²) in [7, 11) is 0. The fraction of sp³-hybridized carbons (Fsp3) is 0.571. The number of rotatable bonds is 2. The molecule has 24 heavy (non-hydrogen) atoms. The molecule has 2 saturated carbocycles. The second-order valence-corrected chi connectivity index (χ2v) is 7.92. The van der Waals surface area contributed by atoms with Crippen LogP contribution in [0.5, 0.6) is 0 Å². The maximum Gasteiger partial charge on any atom is 0.174 e. The Labute approximate surface area is 154 Å². The van der Waals surface area contributed by atoms with Crippen LogP contribution in [0.25, 0.3) is 0 Å². The largest absolute Gasteiger partial charge is 0.360 e. The van der Waals surface area contributed by atoms with E-state index in [0.29, 0.717) is 12.1 Å². The lowest BCUT2D eigenvalue weighted by molar-refractivity contribution is 0.409. The van der Waals surface area contributed by atoms with Crippen LogP contribution in [0, 0.1) is 11.8 Å². The third kappa shape index (κ3) is 5.67. The van der Waals surface area contributed by atoms with Crippen LogP contribution >= 0.6 is 15.9 Å². The molecule has 2 aliphatic carbocycles. The molecule has 0 spiro atoms. The van der Waals surface area contributed by atoms with Crippen molar-refractivity contribution in [1.29, 1.82) is 0 Å². The molecule has 0 radical (unpaired) electrons. The Balaban J connectivity index is 1.73. The van der Waals surface area contributed by atoms with Gasteiger partial charge >= 0.3 is 0 Å². The molecule has 3 heteroatoms. The van der Waals surface area contributed by atoms with Gasteiger partial charge in [0.15, 0.2) is 5.84 Å². The number of aliphatic imine (C=N–C) groups is 1. The molecular formula is C21H27BrN2. The van der Waals surface area contributed by atoms with Crippen LogP contribution in [0.3, 0.4) is 0 Å². The third-order valence-corrected chi connectivity index (χ3v) is 5.53. The molecule has 2 nitrogen and oxygen atoms in total. The van der Waals surface area contributed by atoms with Crippen molar-refractivity contribution < 1.29 is 0 Å². The zero-order valence-electron chi connectivity index (χ0n) is 14.4. The molecule has 3 rings (SSSR count). The zero-order chi connectivity index (χ0) is 16.6. The number of amidine groups is 1. The van der Waals surface area contributed by atoms with Gasteiger partial charge in [0.25, 0.3) is 0 Å². The van der Waals surface area contributed by atoms with Gasteiger partial charge in [-0.2, -0.15) is 0 Å². The van der Waals surface area contributed by atoms with Crippen LogP contribution in [0.2, 0.25) is 0 Å². The van der Waals surface area contributed by atoms with Crippen molar-refractivity contribution in [3.8, 4) is 11.8 Å². The van der Waals surface area contributed by atoms with E-state index in [4.69, 9.17) is 4.99 Å². The number of nitrogens with one attached hydrogen (secondary N) is 1. The number of hydrogen-bond acceptors (Lipinski definition) is 1. The van der Waals surface area contributed by atoms with E-state index in [1.807, 2.05) is 12.1 Å². The van der Waals surface area contributed by atoms with Crippen molar-refractivity contribution in [3.05, 3.63) is 34.3 Å². The fourth-order valence-corrected chi connectivity index (χ4v) is 3.87. The highest BCUT2D eigenvalue weighted by atomic mass is 79.9. The summed E-state index contributed by atoms with van der Waals surface area (Å²) in [5, 5.41) is 3.65. The summed E-state index contributed by atoms with van der Waals surface area (Å²) in [5.74, 6) is 7.52. The minimum absolute atomic E-state index is 0.462. The molecule has 0 saturated heterocycles. The predicted molar refractivity (Wildman–Crippen MR) is 105 cm³/mol. The first-order valence-corrected chi connectivity index (χ1v) is 10.2. The number of hydrogen-bond donors (Lipinski definition) is 1. The lowest BCUT2D eigenvalue weighted by atomic mass is 9.95. The van der Waals surface area contributed by atoms with Crippen molar-refractivity contribution in [3.63, 3.8) is 0 Å². The Morgan fingerprint density at radius 3 is 2.21 bits per heavy atom. The maximum atomic E-state index is 4.98. The molecule has 0 heterocycles. The van der Waals surface area contributed by atoms with Crippen LogP contribution in [0.4, 0.5) is 0 Å². The quantitative estimate of drug-likeness (QED) is 0.407. The Morgan fingerprint density at radius 1 is 0.917 bits per heavy atom. The molecule has 1 aromatic carbocycles. The summed E-state index contributed by atoms with van der Waals surface area (Å²) in [5.41, 5.74) is 1.04. The number of benzene rings is 1. The molecule has 2 fully saturated rings. The van der Waals surface area contributed by atoms with Gasteiger partial charge in [0, 0.05) is 16.1 Å². The van der Waals surface area contributed by atoms with E-state index in [9.17, 15) is 0 Å². The van der Waals surface area contributed by atoms with Gasteiger partial charge in [-0.15, -0.1) is 0 Å². The fourth-order valence-electron chi connectivity index (χ4n) is 3.60. The van der Waals surface area contributed by atoms with Crippen molar-refractivity contribution in [1.82, 2.24) is 5.32 Å². The van der Waals surface area contributed by atoms with Gasteiger partial charge < -0.3 is 5.32 Å². The summed E-state index contributed by atoms with van der Waals surface area (Å²) in [4.78, 5) is 4.98. The molecule has 0 unspecified atom stereocenters. The predicted octanol–water partition coefficient (Wildman–Crippen LogP) is 5.45. The first kappa shape index (κ1) is 17.5. The molecule has 0 amide bonds. The third-order valence-electron chi connectivity index (χ3n) is 5.00. The van der Waals surface area contributed by atoms with Crippen LogP contribution < -0.4 is 5.32 Å². The Morgan fingerprint density at radius 2 is 1.54 bits per heavy atom. The smallest absolute Gasteiger partial charge is 0.174 e. The van der Waals surface area contributed by atoms with Gasteiger partial charge in [0.1, 0.15) is 0 Å². The van der Waals surface area contributed by atoms with E-state index < -0.39 is 0 Å². The Bertz CT molecular complexity index is 597. The first-order chi connectivity index (χ1) is 11.8. The summed E-state index contributed by atoms with van der Waals surface area (Å²) in [6, 6.07) is 9.20. The van der Waals surface area contributed by atoms with Gasteiger partial charge in [-0.1, -0.05) is 60.4 Å². The maximum absolute atomic E-state index is 4.98. The van der Waals surface area contributed by atoms with E-state index >= 15 is 0 Å². The van der Waals surface area contributed by atoms with Gasteiger partial charge in [0.05, 0.1) is 6.04 Å². The van der Waals surface area contributed by atoms with Crippen LogP contribution in [-0.2, 0) is 0 Å². The molecule has 0 atom stereocenters. The number of nitrogens with zero attached hydrogens (tertiary/aromatic N) is 1. The van der Waals surface area contributed by atoms with Crippen LogP contribution in [-0.4, -0.2) is 17.9 Å². The summed E-state index contributed by atoms with van der Waals surface area (Å²) in [6.07, 6.45) is 13.0. The van der Waals surface area contributed by atoms with Gasteiger partial charge in [0.2, 0.25) is 0 Å². The summed E-state index contributed by atoms with van der Waals surface area (Å²) < 4.78 is 1.09. The standard InChI is InChI=1S/C21H27BrN2/c22-18-14-11-17(12-15-18)13-16-21(23-19-7-3-1-4-8-19)24-20-9-5-2-6-10-20/h11-12,14-15,19-20H,1-10H2,(H,23,24). The van der Waals surface area contributed by atoms with Crippen molar-refractivity contribution in [2.75, 3.05) is 0 Å². The topological polar surface area (TPSA) is 24.4 Å². The van der Waals surface area contributed by atoms with Crippen molar-refractivity contribution >= 4 is 21.8 Å². The van der Waals surface area contributed by atoms with Gasteiger partial charge in [-0.25, -0.2) is 0 Å². The first-order valence-electron chi connectivity index (χ1n) is 9.41. The van der Waals surface area contributed by atoms with E-state index in [-0.39, 0.29) is 0 Å². The normalized spacial score (nSPS) is 20.3. The highest BCUT2D eigenvalue weighted by molar-refractivity contribution is 9.10. The van der Waals surface area contributed by atoms with E-state index in [0.717, 1.165) is 15.9 Å². The minimum Gasteiger partial charge on any atom is -0.360 e. The summed E-state index contributed by atoms with van der Waals surface area (Å²) >= 11 is 3.47. The van der Waals surface area contributed by atoms with E-state index in [1.165, 1.54) is 64.2 Å². The lowest BCUT2D eigenvalue weighted by Crippen LogP contribution is -2.36. The average molecular weight is 387 g/mol. The van der Waals surface area contributed by atoms with Crippen LogP contribution in [0.15, 0.2) is 33.7 Å². The van der Waals surface area contributed by atoms with E-state index in [1.54, 1.807) is 0 Å². The molecule has 0 bridgehead atoms. The summed E-state index contributed by atoms with van der Waals surface area (Å²) in [6.45, 7) is 0. The highest BCUT2D eigenvalue weighted by Gasteiger charge is 2.16. The second-order valence-electron chi connectivity index (χ2n) is 7.01. The molecule has 2 aliphatic rings. The number of halogens is 1. The van der Waals surface area contributed by atoms with Crippen molar-refractivity contribution in [2.24, 2.45) is 4.99 Å². The molecule has 1 aromatic rings. The molecule has 128 valence electrons. The molecule has 0 aromatic heterocycles. The van der Waals surface area contributed by atoms with E-state index in [2.05, 4.69) is 45.2 Å². The Kier molecular flexibility index (Phi) is 6.78. The minimum atomic E-state index is 0.462. The van der Waals surface area contributed by atoms with Gasteiger partial charge in [-0.3, -0.25) is 4.99 Å². The molecular weight excluding hydrogens is 360 g/mol. The average Bonchev–Trinajstić information content (AvgIpc) is 2.63. The van der Waals surface area contributed by atoms with Gasteiger partial charge in [-0.05, 0) is 55.9 Å². The Hall–Kier alpha value is -1.27. The molecule has 0 aliphatic heterocycles. The molecule has 1 N–H and O–H groups in total. The second kappa shape index (κ2) is 9.28. The van der Waals surface area contributed by atoms with Crippen molar-refractivity contribution in [2.45, 2.75) is 76.3 Å². The zero-order valence-corrected chi connectivity index (χ0v) is 15.9. The van der Waals surface area contributed by atoms with Crippen LogP contribution in [0.1, 0.15) is 69.8 Å². The lowest BCUT2D eigenvalue weighted by Gasteiger charge is -2.24. The monoisotopic (exact) mass is 386 g/mol. The highest BCUT2D eigenvalue weighted by Crippen LogP contribution is 2.21. The SMILES string of the molecule is Brc1ccc(C#CC(=NC2CCCCC2)NC2CCCCC2)cc1.